The van der Waals surface area contributed by atoms with Gasteiger partial charge in [-0.3, -0.25) is 4.79 Å². The van der Waals surface area contributed by atoms with E-state index in [4.69, 9.17) is 16.7 Å². The number of aliphatic hydroxyl groups is 1. The van der Waals surface area contributed by atoms with E-state index in [2.05, 4.69) is 5.32 Å². The molecule has 0 spiro atoms. The van der Waals surface area contributed by atoms with E-state index in [0.717, 1.165) is 6.07 Å². The van der Waals surface area contributed by atoms with Gasteiger partial charge in [-0.05, 0) is 23.8 Å². The van der Waals surface area contributed by atoms with Gasteiger partial charge in [-0.1, -0.05) is 23.7 Å². The molecule has 0 aliphatic rings. The van der Waals surface area contributed by atoms with Crippen LogP contribution in [0.1, 0.15) is 15.3 Å². The zero-order valence-electron chi connectivity index (χ0n) is 11.8. The molecular formula is C15H13ClF3NO2S. The number of carbonyl (C=O) groups is 1. The SMILES string of the molecule is O=C(Cc1ccc(Cl)cc1)Nc1cc(C(F)(F)F)sc1CCO. The molecule has 1 aromatic carbocycles. The summed E-state index contributed by atoms with van der Waals surface area (Å²) in [5.74, 6) is -0.432. The Morgan fingerprint density at radius 1 is 1.26 bits per heavy atom. The molecule has 1 aromatic heterocycles. The van der Waals surface area contributed by atoms with Crippen molar-refractivity contribution >= 4 is 34.5 Å². The maximum atomic E-state index is 12.8. The van der Waals surface area contributed by atoms with E-state index < -0.39 is 17.0 Å². The molecule has 0 aliphatic carbocycles. The van der Waals surface area contributed by atoms with Gasteiger partial charge < -0.3 is 10.4 Å². The second kappa shape index (κ2) is 7.33. The van der Waals surface area contributed by atoms with Crippen LogP contribution in [0, 0.1) is 0 Å². The third kappa shape index (κ3) is 4.95. The summed E-state index contributed by atoms with van der Waals surface area (Å²) in [6.07, 6.45) is -4.40. The molecular weight excluding hydrogens is 351 g/mol. The predicted octanol–water partition coefficient (Wildman–Crippen LogP) is 4.14. The van der Waals surface area contributed by atoms with Crippen molar-refractivity contribution in [2.45, 2.75) is 19.0 Å². The molecule has 2 rings (SSSR count). The van der Waals surface area contributed by atoms with Gasteiger partial charge >= 0.3 is 6.18 Å². The van der Waals surface area contributed by atoms with Gasteiger partial charge in [0.25, 0.3) is 0 Å². The summed E-state index contributed by atoms with van der Waals surface area (Å²) in [6, 6.07) is 7.51. The third-order valence-corrected chi connectivity index (χ3v) is 4.47. The number of halogens is 4. The number of hydrogen-bond donors (Lipinski definition) is 2. The van der Waals surface area contributed by atoms with Crippen LogP contribution in [0.4, 0.5) is 18.9 Å². The number of thiophene rings is 1. The molecule has 0 aliphatic heterocycles. The Labute approximate surface area is 139 Å². The van der Waals surface area contributed by atoms with Crippen LogP contribution in [0.25, 0.3) is 0 Å². The van der Waals surface area contributed by atoms with Gasteiger partial charge in [0.15, 0.2) is 0 Å². The molecule has 23 heavy (non-hydrogen) atoms. The van der Waals surface area contributed by atoms with E-state index in [0.29, 0.717) is 26.8 Å². The van der Waals surface area contributed by atoms with Crippen molar-refractivity contribution in [1.82, 2.24) is 0 Å². The Bertz CT molecular complexity index is 683. The van der Waals surface area contributed by atoms with Crippen LogP contribution in [0.15, 0.2) is 30.3 Å². The second-order valence-corrected chi connectivity index (χ2v) is 6.34. The number of carbonyl (C=O) groups excluding carboxylic acids is 1. The first-order valence-corrected chi connectivity index (χ1v) is 7.84. The van der Waals surface area contributed by atoms with Crippen molar-refractivity contribution in [3.63, 3.8) is 0 Å². The van der Waals surface area contributed by atoms with E-state index in [1.807, 2.05) is 0 Å². The lowest BCUT2D eigenvalue weighted by atomic mass is 10.1. The number of nitrogens with one attached hydrogen (secondary N) is 1. The Morgan fingerprint density at radius 2 is 1.91 bits per heavy atom. The third-order valence-electron chi connectivity index (χ3n) is 2.98. The van der Waals surface area contributed by atoms with Crippen LogP contribution in [-0.2, 0) is 23.8 Å². The van der Waals surface area contributed by atoms with E-state index in [1.165, 1.54) is 0 Å². The zero-order chi connectivity index (χ0) is 17.0. The van der Waals surface area contributed by atoms with E-state index in [9.17, 15) is 18.0 Å². The Hall–Kier alpha value is -1.57. The first-order chi connectivity index (χ1) is 10.8. The minimum atomic E-state index is -4.48. The lowest BCUT2D eigenvalue weighted by Crippen LogP contribution is -2.15. The molecule has 2 aromatic rings. The summed E-state index contributed by atoms with van der Waals surface area (Å²) in [6.45, 7) is -0.294. The number of amides is 1. The number of alkyl halides is 3. The largest absolute Gasteiger partial charge is 0.425 e. The molecule has 1 heterocycles. The van der Waals surface area contributed by atoms with Gasteiger partial charge in [0.05, 0.1) is 12.1 Å². The molecule has 0 fully saturated rings. The summed E-state index contributed by atoms with van der Waals surface area (Å²) in [5.41, 5.74) is 0.789. The Kier molecular flexibility index (Phi) is 5.67. The van der Waals surface area contributed by atoms with Gasteiger partial charge in [-0.2, -0.15) is 13.2 Å². The summed E-state index contributed by atoms with van der Waals surface area (Å²) in [4.78, 5) is 11.5. The standard InChI is InChI=1S/C15H13ClF3NO2S/c16-10-3-1-9(2-4-10)7-14(22)20-11-8-13(15(17,18)19)23-12(11)5-6-21/h1-4,8,21H,5-7H2,(H,20,22). The molecule has 3 nitrogen and oxygen atoms in total. The molecule has 0 atom stereocenters. The van der Waals surface area contributed by atoms with Crippen molar-refractivity contribution < 1.29 is 23.1 Å². The summed E-state index contributed by atoms with van der Waals surface area (Å²) in [5, 5.41) is 12.0. The minimum absolute atomic E-state index is 0.0208. The highest BCUT2D eigenvalue weighted by Gasteiger charge is 2.34. The Morgan fingerprint density at radius 3 is 2.48 bits per heavy atom. The molecule has 0 unspecified atom stereocenters. The lowest BCUT2D eigenvalue weighted by molar-refractivity contribution is -0.134. The fourth-order valence-electron chi connectivity index (χ4n) is 1.94. The van der Waals surface area contributed by atoms with E-state index >= 15 is 0 Å². The van der Waals surface area contributed by atoms with Crippen LogP contribution < -0.4 is 5.32 Å². The quantitative estimate of drug-likeness (QED) is 0.839. The van der Waals surface area contributed by atoms with E-state index in [1.54, 1.807) is 24.3 Å². The summed E-state index contributed by atoms with van der Waals surface area (Å²) >= 11 is 6.27. The fraction of sp³-hybridized carbons (Fsp3) is 0.267. The maximum Gasteiger partial charge on any atom is 0.425 e. The predicted molar refractivity (Wildman–Crippen MR) is 83.9 cm³/mol. The minimum Gasteiger partial charge on any atom is -0.396 e. The van der Waals surface area contributed by atoms with Crippen molar-refractivity contribution in [3.05, 3.63) is 50.7 Å². The van der Waals surface area contributed by atoms with Gasteiger partial charge in [0, 0.05) is 22.9 Å². The summed E-state index contributed by atoms with van der Waals surface area (Å²) in [7, 11) is 0. The highest BCUT2D eigenvalue weighted by Crippen LogP contribution is 2.39. The van der Waals surface area contributed by atoms with Crippen LogP contribution in [0.3, 0.4) is 0 Å². The van der Waals surface area contributed by atoms with Crippen LogP contribution in [0.2, 0.25) is 5.02 Å². The first kappa shape index (κ1) is 17.8. The average molecular weight is 364 g/mol. The topological polar surface area (TPSA) is 49.3 Å². The maximum absolute atomic E-state index is 12.8. The number of hydrogen-bond acceptors (Lipinski definition) is 3. The Balaban J connectivity index is 2.13. The molecule has 0 saturated carbocycles. The molecule has 0 bridgehead atoms. The molecule has 2 N–H and O–H groups in total. The first-order valence-electron chi connectivity index (χ1n) is 6.64. The molecule has 0 saturated heterocycles. The molecule has 8 heteroatoms. The monoisotopic (exact) mass is 363 g/mol. The number of benzene rings is 1. The summed E-state index contributed by atoms with van der Waals surface area (Å²) < 4.78 is 38.3. The zero-order valence-corrected chi connectivity index (χ0v) is 13.4. The number of aliphatic hydroxyl groups excluding tert-OH is 1. The lowest BCUT2D eigenvalue weighted by Gasteiger charge is -2.06. The average Bonchev–Trinajstić information content (AvgIpc) is 2.85. The number of anilines is 1. The van der Waals surface area contributed by atoms with Crippen molar-refractivity contribution in [2.75, 3.05) is 11.9 Å². The van der Waals surface area contributed by atoms with Gasteiger partial charge in [0.2, 0.25) is 5.91 Å². The van der Waals surface area contributed by atoms with Crippen molar-refractivity contribution in [3.8, 4) is 0 Å². The normalized spacial score (nSPS) is 11.5. The highest BCUT2D eigenvalue weighted by molar-refractivity contribution is 7.12. The highest BCUT2D eigenvalue weighted by atomic mass is 35.5. The second-order valence-electron chi connectivity index (χ2n) is 4.77. The molecule has 1 amide bonds. The van der Waals surface area contributed by atoms with Gasteiger partial charge in [-0.25, -0.2) is 0 Å². The van der Waals surface area contributed by atoms with Gasteiger partial charge in [-0.15, -0.1) is 11.3 Å². The van der Waals surface area contributed by atoms with Gasteiger partial charge in [0.1, 0.15) is 4.88 Å². The number of rotatable bonds is 5. The van der Waals surface area contributed by atoms with Crippen molar-refractivity contribution in [1.29, 1.82) is 0 Å². The van der Waals surface area contributed by atoms with Crippen molar-refractivity contribution in [2.24, 2.45) is 0 Å². The van der Waals surface area contributed by atoms with Crippen LogP contribution >= 0.6 is 22.9 Å². The fourth-order valence-corrected chi connectivity index (χ4v) is 3.04. The van der Waals surface area contributed by atoms with Crippen LogP contribution in [0.5, 0.6) is 0 Å². The molecule has 124 valence electrons. The molecule has 0 radical (unpaired) electrons. The smallest absolute Gasteiger partial charge is 0.396 e. The van der Waals surface area contributed by atoms with Crippen LogP contribution in [-0.4, -0.2) is 17.6 Å². The van der Waals surface area contributed by atoms with E-state index in [-0.39, 0.29) is 25.1 Å².